The number of fused-ring (bicyclic) bond motifs is 4. The molecule has 34 heavy (non-hydrogen) atoms. The van der Waals surface area contributed by atoms with E-state index in [4.69, 9.17) is 0 Å². The number of H-pyrrole nitrogens is 1. The second kappa shape index (κ2) is 8.52. The van der Waals surface area contributed by atoms with E-state index in [9.17, 15) is 32.8 Å². The Morgan fingerprint density at radius 1 is 1.21 bits per heavy atom. The Labute approximate surface area is 193 Å². The zero-order valence-corrected chi connectivity index (χ0v) is 18.5. The minimum atomic E-state index is -4.79. The number of amides is 2. The number of pyridine rings is 1. The SMILES string of the molecule is Cc1cc(C(=O)N2C(C)CNC(=O)c3cc(C#N)cc(C(F)(F)F)c3N3CC[C@@H]2C3)cc(=O)[nH]1. The van der Waals surface area contributed by atoms with Crippen molar-refractivity contribution < 1.29 is 22.8 Å². The van der Waals surface area contributed by atoms with Gasteiger partial charge in [0.15, 0.2) is 0 Å². The summed E-state index contributed by atoms with van der Waals surface area (Å²) in [6.07, 6.45) is -4.41. The molecule has 2 atom stereocenters. The molecule has 2 aliphatic rings. The fourth-order valence-corrected chi connectivity index (χ4v) is 4.72. The predicted octanol–water partition coefficient (Wildman–Crippen LogP) is 2.43. The number of aromatic amines is 1. The Hall–Kier alpha value is -3.81. The summed E-state index contributed by atoms with van der Waals surface area (Å²) in [5.74, 6) is -1.19. The molecule has 2 aliphatic heterocycles. The van der Waals surface area contributed by atoms with Crippen molar-refractivity contribution in [3.8, 4) is 6.07 Å². The van der Waals surface area contributed by atoms with Crippen LogP contribution in [-0.4, -0.2) is 53.4 Å². The lowest BCUT2D eigenvalue weighted by Crippen LogP contribution is -2.52. The molecule has 1 aromatic heterocycles. The third kappa shape index (κ3) is 4.23. The normalized spacial score (nSPS) is 20.4. The smallest absolute Gasteiger partial charge is 0.368 e. The van der Waals surface area contributed by atoms with Crippen LogP contribution in [-0.2, 0) is 6.18 Å². The van der Waals surface area contributed by atoms with E-state index in [0.29, 0.717) is 12.1 Å². The zero-order chi connectivity index (χ0) is 24.8. The maximum Gasteiger partial charge on any atom is 0.418 e. The summed E-state index contributed by atoms with van der Waals surface area (Å²) in [5.41, 5.74) is -1.59. The molecule has 2 amide bonds. The number of nitrogens with one attached hydrogen (secondary N) is 2. The van der Waals surface area contributed by atoms with Crippen LogP contribution in [0.1, 0.15) is 50.9 Å². The largest absolute Gasteiger partial charge is 0.418 e. The van der Waals surface area contributed by atoms with Gasteiger partial charge in [0.2, 0.25) is 5.56 Å². The van der Waals surface area contributed by atoms with Crippen LogP contribution in [0.2, 0.25) is 0 Å². The Morgan fingerprint density at radius 3 is 2.59 bits per heavy atom. The maximum atomic E-state index is 14.0. The molecular weight excluding hydrogens is 451 g/mol. The number of rotatable bonds is 1. The highest BCUT2D eigenvalue weighted by Crippen LogP contribution is 2.41. The summed E-state index contributed by atoms with van der Waals surface area (Å²) in [4.78, 5) is 43.9. The number of anilines is 1. The van der Waals surface area contributed by atoms with Crippen LogP contribution in [0.5, 0.6) is 0 Å². The van der Waals surface area contributed by atoms with E-state index in [2.05, 4.69) is 10.3 Å². The molecule has 8 nitrogen and oxygen atoms in total. The Bertz CT molecular complexity index is 1260. The number of halogens is 3. The number of aromatic nitrogens is 1. The Kier molecular flexibility index (Phi) is 5.85. The first-order valence-electron chi connectivity index (χ1n) is 10.7. The number of nitriles is 1. The van der Waals surface area contributed by atoms with Crippen LogP contribution in [0.15, 0.2) is 29.1 Å². The molecular formula is C23H22F3N5O3. The molecule has 2 aromatic rings. The van der Waals surface area contributed by atoms with Gasteiger partial charge in [-0.1, -0.05) is 0 Å². The van der Waals surface area contributed by atoms with E-state index in [1.807, 2.05) is 0 Å². The lowest BCUT2D eigenvalue weighted by Gasteiger charge is -2.36. The van der Waals surface area contributed by atoms with Crippen molar-refractivity contribution in [3.63, 3.8) is 0 Å². The molecule has 1 saturated heterocycles. The summed E-state index contributed by atoms with van der Waals surface area (Å²) in [6, 6.07) is 5.40. The summed E-state index contributed by atoms with van der Waals surface area (Å²) < 4.78 is 41.9. The van der Waals surface area contributed by atoms with Crippen molar-refractivity contribution in [1.82, 2.24) is 15.2 Å². The second-order valence-corrected chi connectivity index (χ2v) is 8.61. The van der Waals surface area contributed by atoms with E-state index >= 15 is 0 Å². The molecule has 11 heteroatoms. The highest BCUT2D eigenvalue weighted by molar-refractivity contribution is 6.01. The van der Waals surface area contributed by atoms with Crippen molar-refractivity contribution in [2.75, 3.05) is 24.5 Å². The quantitative estimate of drug-likeness (QED) is 0.661. The van der Waals surface area contributed by atoms with Crippen molar-refractivity contribution in [2.24, 2.45) is 0 Å². The van der Waals surface area contributed by atoms with Gasteiger partial charge >= 0.3 is 6.18 Å². The molecule has 0 aliphatic carbocycles. The zero-order valence-electron chi connectivity index (χ0n) is 18.5. The van der Waals surface area contributed by atoms with Gasteiger partial charge in [0.05, 0.1) is 34.5 Å². The van der Waals surface area contributed by atoms with Gasteiger partial charge in [-0.05, 0) is 38.5 Å². The molecule has 4 rings (SSSR count). The van der Waals surface area contributed by atoms with Crippen LogP contribution < -0.4 is 15.8 Å². The molecule has 0 spiro atoms. The van der Waals surface area contributed by atoms with E-state index < -0.39 is 41.2 Å². The molecule has 178 valence electrons. The molecule has 2 N–H and O–H groups in total. The summed E-state index contributed by atoms with van der Waals surface area (Å²) in [6.45, 7) is 3.63. The molecule has 0 saturated carbocycles. The van der Waals surface area contributed by atoms with Gasteiger partial charge < -0.3 is 20.1 Å². The standard InChI is InChI=1S/C23H22F3N5O3/c1-12-5-15(8-19(32)29-12)22(34)31-13(2)10-28-21(33)17-6-14(9-27)7-18(23(24,25)26)20(17)30-4-3-16(31)11-30/h5-8,13,16H,3-4,10-11H2,1-2H3,(H,28,33)(H,29,32)/t13?,16-/m1/s1. The number of alkyl halides is 3. The van der Waals surface area contributed by atoms with E-state index in [1.54, 1.807) is 26.0 Å². The number of hydrogen-bond donors (Lipinski definition) is 2. The van der Waals surface area contributed by atoms with Crippen LogP contribution in [0.25, 0.3) is 0 Å². The molecule has 2 bridgehead atoms. The average molecular weight is 473 g/mol. The van der Waals surface area contributed by atoms with E-state index in [-0.39, 0.29) is 42.0 Å². The van der Waals surface area contributed by atoms with E-state index in [1.165, 1.54) is 21.9 Å². The first-order valence-corrected chi connectivity index (χ1v) is 10.7. The summed E-state index contributed by atoms with van der Waals surface area (Å²) in [7, 11) is 0. The number of benzene rings is 1. The lowest BCUT2D eigenvalue weighted by atomic mass is 10.00. The topological polar surface area (TPSA) is 109 Å². The fraction of sp³-hybridized carbons (Fsp3) is 0.391. The number of carbonyl (C=O) groups excluding carboxylic acids is 2. The fourth-order valence-electron chi connectivity index (χ4n) is 4.72. The third-order valence-corrected chi connectivity index (χ3v) is 6.16. The van der Waals surface area contributed by atoms with Gasteiger partial charge in [-0.25, -0.2) is 0 Å². The highest BCUT2D eigenvalue weighted by Gasteiger charge is 2.42. The number of aryl methyl sites for hydroxylation is 1. The van der Waals surface area contributed by atoms with Gasteiger partial charge in [0.25, 0.3) is 11.8 Å². The van der Waals surface area contributed by atoms with Crippen molar-refractivity contribution in [3.05, 3.63) is 62.6 Å². The minimum absolute atomic E-state index is 0.0131. The molecule has 3 heterocycles. The second-order valence-electron chi connectivity index (χ2n) is 8.61. The van der Waals surface area contributed by atoms with Crippen molar-refractivity contribution >= 4 is 17.5 Å². The number of nitrogens with zero attached hydrogens (tertiary/aromatic N) is 3. The number of carbonyl (C=O) groups is 2. The molecule has 1 aromatic carbocycles. The van der Waals surface area contributed by atoms with Gasteiger partial charge in [-0.3, -0.25) is 14.4 Å². The molecule has 1 fully saturated rings. The minimum Gasteiger partial charge on any atom is -0.368 e. The van der Waals surface area contributed by atoms with Crippen molar-refractivity contribution in [2.45, 2.75) is 38.5 Å². The van der Waals surface area contributed by atoms with Crippen LogP contribution in [0.3, 0.4) is 0 Å². The first-order chi connectivity index (χ1) is 16.0. The Balaban J connectivity index is 1.81. The lowest BCUT2D eigenvalue weighted by molar-refractivity contribution is -0.137. The van der Waals surface area contributed by atoms with Gasteiger partial charge in [0, 0.05) is 43.0 Å². The van der Waals surface area contributed by atoms with Gasteiger partial charge in [-0.15, -0.1) is 0 Å². The molecule has 0 radical (unpaired) electrons. The third-order valence-electron chi connectivity index (χ3n) is 6.16. The Morgan fingerprint density at radius 2 is 1.94 bits per heavy atom. The average Bonchev–Trinajstić information content (AvgIpc) is 3.23. The summed E-state index contributed by atoms with van der Waals surface area (Å²) in [5, 5.41) is 11.8. The number of hydrogen-bond acceptors (Lipinski definition) is 5. The maximum absolute atomic E-state index is 14.0. The summed E-state index contributed by atoms with van der Waals surface area (Å²) >= 11 is 0. The van der Waals surface area contributed by atoms with Crippen molar-refractivity contribution in [1.29, 1.82) is 5.26 Å². The first kappa shape index (κ1) is 23.4. The highest BCUT2D eigenvalue weighted by atomic mass is 19.4. The molecule has 1 unspecified atom stereocenters. The van der Waals surface area contributed by atoms with Crippen LogP contribution >= 0.6 is 0 Å². The monoisotopic (exact) mass is 473 g/mol. The van der Waals surface area contributed by atoms with Crippen LogP contribution in [0.4, 0.5) is 18.9 Å². The van der Waals surface area contributed by atoms with Gasteiger partial charge in [0.1, 0.15) is 0 Å². The van der Waals surface area contributed by atoms with E-state index in [0.717, 1.165) is 6.07 Å². The van der Waals surface area contributed by atoms with Gasteiger partial charge in [-0.2, -0.15) is 18.4 Å². The van der Waals surface area contributed by atoms with Crippen LogP contribution in [0, 0.1) is 18.3 Å². The predicted molar refractivity (Wildman–Crippen MR) is 117 cm³/mol.